The van der Waals surface area contributed by atoms with Crippen molar-refractivity contribution < 1.29 is 28.6 Å². The number of esters is 3. The van der Waals surface area contributed by atoms with E-state index in [9.17, 15) is 14.4 Å². The SMILES string of the molecule is CCCCCCCCCCCCCCCCOC(=O)c1ccc(N=CC2C(=O)OC(C)(C)OC2=O)cc1. The highest BCUT2D eigenvalue weighted by molar-refractivity contribution is 6.10. The van der Waals surface area contributed by atoms with Crippen molar-refractivity contribution in [3.8, 4) is 0 Å². The van der Waals surface area contributed by atoms with Crippen molar-refractivity contribution in [2.75, 3.05) is 6.61 Å². The van der Waals surface area contributed by atoms with Crippen molar-refractivity contribution >= 4 is 29.8 Å². The molecule has 1 saturated heterocycles. The van der Waals surface area contributed by atoms with Crippen LogP contribution in [0, 0.1) is 5.92 Å². The molecule has 1 fully saturated rings. The number of hydrogen-bond acceptors (Lipinski definition) is 7. The van der Waals surface area contributed by atoms with Gasteiger partial charge in [0.15, 0.2) is 5.92 Å². The Morgan fingerprint density at radius 2 is 1.27 bits per heavy atom. The standard InChI is InChI=1S/C30H45NO6/c1-4-5-6-7-8-9-10-11-12-13-14-15-16-17-22-35-27(32)24-18-20-25(21-19-24)31-23-26-28(33)36-30(2,3)37-29(26)34/h18-21,23,26H,4-17,22H2,1-3H3. The van der Waals surface area contributed by atoms with Crippen LogP contribution in [0.25, 0.3) is 0 Å². The summed E-state index contributed by atoms with van der Waals surface area (Å²) in [5.74, 6) is -4.25. The molecule has 37 heavy (non-hydrogen) atoms. The second-order valence-corrected chi connectivity index (χ2v) is 10.3. The van der Waals surface area contributed by atoms with E-state index >= 15 is 0 Å². The Bertz CT molecular complexity index is 841. The molecule has 7 nitrogen and oxygen atoms in total. The second kappa shape index (κ2) is 16.9. The summed E-state index contributed by atoms with van der Waals surface area (Å²) in [6, 6.07) is 6.48. The molecule has 1 heterocycles. The lowest BCUT2D eigenvalue weighted by atomic mass is 10.0. The lowest BCUT2D eigenvalue weighted by Crippen LogP contribution is -2.46. The topological polar surface area (TPSA) is 91.3 Å². The molecule has 0 radical (unpaired) electrons. The van der Waals surface area contributed by atoms with Gasteiger partial charge in [-0.3, -0.25) is 14.6 Å². The van der Waals surface area contributed by atoms with Crippen LogP contribution in [0.15, 0.2) is 29.3 Å². The quantitative estimate of drug-likeness (QED) is 0.0871. The molecule has 0 N–H and O–H groups in total. The van der Waals surface area contributed by atoms with Gasteiger partial charge >= 0.3 is 17.9 Å². The minimum Gasteiger partial charge on any atom is -0.462 e. The highest BCUT2D eigenvalue weighted by atomic mass is 16.7. The third-order valence-corrected chi connectivity index (χ3v) is 6.41. The monoisotopic (exact) mass is 515 g/mol. The van der Waals surface area contributed by atoms with Crippen LogP contribution in [-0.2, 0) is 23.8 Å². The summed E-state index contributed by atoms with van der Waals surface area (Å²) in [7, 11) is 0. The van der Waals surface area contributed by atoms with E-state index < -0.39 is 23.6 Å². The molecule has 7 heteroatoms. The molecule has 0 atom stereocenters. The molecule has 0 unspecified atom stereocenters. The molecule has 1 aromatic rings. The fraction of sp³-hybridized carbons (Fsp3) is 0.667. The fourth-order valence-electron chi connectivity index (χ4n) is 4.24. The molecule has 1 aliphatic rings. The summed E-state index contributed by atoms with van der Waals surface area (Å²) in [6.45, 7) is 5.66. The maximum Gasteiger partial charge on any atom is 0.338 e. The zero-order valence-corrected chi connectivity index (χ0v) is 23.0. The summed E-state index contributed by atoms with van der Waals surface area (Å²) >= 11 is 0. The third kappa shape index (κ3) is 12.4. The van der Waals surface area contributed by atoms with Crippen LogP contribution in [0.1, 0.15) is 121 Å². The normalized spacial score (nSPS) is 15.5. The van der Waals surface area contributed by atoms with Gasteiger partial charge in [-0.2, -0.15) is 0 Å². The van der Waals surface area contributed by atoms with E-state index in [1.54, 1.807) is 24.3 Å². The van der Waals surface area contributed by atoms with Crippen molar-refractivity contribution in [3.05, 3.63) is 29.8 Å². The Hall–Kier alpha value is -2.70. The van der Waals surface area contributed by atoms with E-state index in [4.69, 9.17) is 14.2 Å². The van der Waals surface area contributed by atoms with Crippen LogP contribution in [0.4, 0.5) is 5.69 Å². The number of rotatable bonds is 18. The van der Waals surface area contributed by atoms with Crippen LogP contribution < -0.4 is 0 Å². The first-order chi connectivity index (χ1) is 17.8. The van der Waals surface area contributed by atoms with Gasteiger partial charge in [-0.15, -0.1) is 0 Å². The summed E-state index contributed by atoms with van der Waals surface area (Å²) in [5, 5.41) is 0. The van der Waals surface area contributed by atoms with Crippen LogP contribution in [0.2, 0.25) is 0 Å². The number of nitrogens with zero attached hydrogens (tertiary/aromatic N) is 1. The van der Waals surface area contributed by atoms with Crippen LogP contribution in [-0.4, -0.2) is 36.5 Å². The molecule has 0 aliphatic carbocycles. The molecule has 2 rings (SSSR count). The Morgan fingerprint density at radius 3 is 1.76 bits per heavy atom. The highest BCUT2D eigenvalue weighted by Gasteiger charge is 2.42. The fourth-order valence-corrected chi connectivity index (χ4v) is 4.24. The highest BCUT2D eigenvalue weighted by Crippen LogP contribution is 2.23. The molecule has 0 saturated carbocycles. The van der Waals surface area contributed by atoms with E-state index in [1.165, 1.54) is 97.1 Å². The lowest BCUT2D eigenvalue weighted by molar-refractivity contribution is -0.235. The molecular formula is C30H45NO6. The van der Waals surface area contributed by atoms with Crippen molar-refractivity contribution in [2.45, 2.75) is 116 Å². The van der Waals surface area contributed by atoms with Gasteiger partial charge in [0.05, 0.1) is 17.9 Å². The van der Waals surface area contributed by atoms with Gasteiger partial charge in [0.1, 0.15) is 0 Å². The first-order valence-electron chi connectivity index (χ1n) is 14.1. The zero-order chi connectivity index (χ0) is 26.9. The molecule has 0 amide bonds. The van der Waals surface area contributed by atoms with Gasteiger partial charge in [0.25, 0.3) is 5.79 Å². The van der Waals surface area contributed by atoms with Gasteiger partial charge in [0, 0.05) is 20.1 Å². The molecule has 1 aromatic carbocycles. The minimum atomic E-state index is -1.27. The van der Waals surface area contributed by atoms with Gasteiger partial charge in [-0.1, -0.05) is 90.4 Å². The van der Waals surface area contributed by atoms with Crippen LogP contribution in [0.5, 0.6) is 0 Å². The Balaban J connectivity index is 1.53. The minimum absolute atomic E-state index is 0.369. The van der Waals surface area contributed by atoms with Gasteiger partial charge in [-0.05, 0) is 30.7 Å². The Morgan fingerprint density at radius 1 is 0.811 bits per heavy atom. The average molecular weight is 516 g/mol. The third-order valence-electron chi connectivity index (χ3n) is 6.41. The maximum atomic E-state index is 12.3. The number of carbonyl (C=O) groups excluding carboxylic acids is 3. The van der Waals surface area contributed by atoms with E-state index in [1.807, 2.05) is 0 Å². The number of aliphatic imine (C=N–C) groups is 1. The number of carbonyl (C=O) groups is 3. The van der Waals surface area contributed by atoms with Crippen LogP contribution >= 0.6 is 0 Å². The largest absolute Gasteiger partial charge is 0.462 e. The van der Waals surface area contributed by atoms with Crippen molar-refractivity contribution in [1.29, 1.82) is 0 Å². The number of cyclic esters (lactones) is 2. The smallest absolute Gasteiger partial charge is 0.338 e. The van der Waals surface area contributed by atoms with E-state index in [0.717, 1.165) is 12.8 Å². The number of ether oxygens (including phenoxy) is 3. The van der Waals surface area contributed by atoms with E-state index in [-0.39, 0.29) is 5.97 Å². The number of benzene rings is 1. The Kier molecular flexibility index (Phi) is 14.0. The summed E-state index contributed by atoms with van der Waals surface area (Å²) in [5.41, 5.74) is 0.927. The Labute approximate surface area is 222 Å². The summed E-state index contributed by atoms with van der Waals surface area (Å²) in [6.07, 6.45) is 19.2. The predicted octanol–water partition coefficient (Wildman–Crippen LogP) is 7.48. The second-order valence-electron chi connectivity index (χ2n) is 10.3. The number of hydrogen-bond donors (Lipinski definition) is 0. The van der Waals surface area contributed by atoms with Gasteiger partial charge in [0.2, 0.25) is 0 Å². The van der Waals surface area contributed by atoms with Gasteiger partial charge in [-0.25, -0.2) is 4.79 Å². The first kappa shape index (κ1) is 30.5. The summed E-state index contributed by atoms with van der Waals surface area (Å²) in [4.78, 5) is 40.4. The number of unbranched alkanes of at least 4 members (excludes halogenated alkanes) is 13. The van der Waals surface area contributed by atoms with Crippen molar-refractivity contribution in [2.24, 2.45) is 10.9 Å². The molecule has 206 valence electrons. The summed E-state index contributed by atoms with van der Waals surface area (Å²) < 4.78 is 15.5. The van der Waals surface area contributed by atoms with E-state index in [0.29, 0.717) is 17.9 Å². The zero-order valence-electron chi connectivity index (χ0n) is 23.0. The van der Waals surface area contributed by atoms with E-state index in [2.05, 4.69) is 11.9 Å². The predicted molar refractivity (Wildman–Crippen MR) is 145 cm³/mol. The van der Waals surface area contributed by atoms with Crippen molar-refractivity contribution in [1.82, 2.24) is 0 Å². The lowest BCUT2D eigenvalue weighted by Gasteiger charge is -2.31. The molecular weight excluding hydrogens is 470 g/mol. The molecule has 0 aromatic heterocycles. The molecule has 0 spiro atoms. The maximum absolute atomic E-state index is 12.3. The van der Waals surface area contributed by atoms with Gasteiger partial charge < -0.3 is 14.2 Å². The first-order valence-corrected chi connectivity index (χ1v) is 14.1. The average Bonchev–Trinajstić information content (AvgIpc) is 2.85. The van der Waals surface area contributed by atoms with Crippen LogP contribution in [0.3, 0.4) is 0 Å². The van der Waals surface area contributed by atoms with Crippen molar-refractivity contribution in [3.63, 3.8) is 0 Å². The molecule has 1 aliphatic heterocycles. The molecule has 0 bridgehead atoms.